The number of phenols is 1. The summed E-state index contributed by atoms with van der Waals surface area (Å²) in [6, 6.07) is 3.84. The molecule has 3 nitrogen and oxygen atoms in total. The SMILES string of the molecule is CCCC[N+](CCCC)=C(N)c1ccc(O)c2c1CCCC2. The lowest BCUT2D eigenvalue weighted by Gasteiger charge is -2.20. The van der Waals surface area contributed by atoms with Crippen molar-refractivity contribution < 1.29 is 9.68 Å². The van der Waals surface area contributed by atoms with Gasteiger partial charge in [0.15, 0.2) is 0 Å². The van der Waals surface area contributed by atoms with E-state index in [0.29, 0.717) is 5.75 Å². The third-order valence-corrected chi connectivity index (χ3v) is 4.69. The Balaban J connectivity index is 2.39. The standard InChI is InChI=1S/C19H30N2O/c1-3-5-13-21(14-6-4-2)19(20)17-11-12-18(22)16-10-8-7-9-15(16)17/h11-12H,3-10,13-14H2,1-2H3,(H2,20,22)/p+1. The zero-order chi connectivity index (χ0) is 15.9. The maximum absolute atomic E-state index is 10.1. The molecule has 0 aliphatic heterocycles. The Kier molecular flexibility index (Phi) is 6.29. The van der Waals surface area contributed by atoms with Crippen LogP contribution < -0.4 is 5.73 Å². The van der Waals surface area contributed by atoms with Crippen molar-refractivity contribution in [3.8, 4) is 5.75 Å². The fourth-order valence-electron chi connectivity index (χ4n) is 3.31. The molecule has 22 heavy (non-hydrogen) atoms. The van der Waals surface area contributed by atoms with E-state index in [-0.39, 0.29) is 0 Å². The Morgan fingerprint density at radius 2 is 1.64 bits per heavy atom. The number of unbranched alkanes of at least 4 members (excludes halogenated alkanes) is 2. The lowest BCUT2D eigenvalue weighted by molar-refractivity contribution is -0.529. The molecule has 0 fully saturated rings. The first-order chi connectivity index (χ1) is 10.7. The van der Waals surface area contributed by atoms with Crippen molar-refractivity contribution >= 4 is 5.84 Å². The normalized spacial score (nSPS) is 13.7. The summed E-state index contributed by atoms with van der Waals surface area (Å²) in [7, 11) is 0. The number of rotatable bonds is 7. The summed E-state index contributed by atoms with van der Waals surface area (Å²) in [5.41, 5.74) is 10.1. The first kappa shape index (κ1) is 16.9. The van der Waals surface area contributed by atoms with Crippen LogP contribution in [0.5, 0.6) is 5.75 Å². The molecule has 1 aliphatic rings. The molecular weight excluding hydrogens is 272 g/mol. The van der Waals surface area contributed by atoms with Gasteiger partial charge in [-0.05, 0) is 61.8 Å². The second-order valence-corrected chi connectivity index (χ2v) is 6.38. The number of nitrogens with two attached hydrogens (primary N) is 1. The molecule has 0 unspecified atom stereocenters. The average Bonchev–Trinajstić information content (AvgIpc) is 2.55. The maximum Gasteiger partial charge on any atom is 0.275 e. The van der Waals surface area contributed by atoms with Gasteiger partial charge in [-0.25, -0.2) is 0 Å². The third kappa shape index (κ3) is 3.82. The van der Waals surface area contributed by atoms with Crippen molar-refractivity contribution in [1.29, 1.82) is 0 Å². The number of phenolic OH excluding ortho intramolecular Hbond substituents is 1. The second-order valence-electron chi connectivity index (χ2n) is 6.38. The molecular formula is C19H31N2O+. The summed E-state index contributed by atoms with van der Waals surface area (Å²) in [6.07, 6.45) is 9.09. The Labute approximate surface area is 134 Å². The largest absolute Gasteiger partial charge is 0.508 e. The van der Waals surface area contributed by atoms with Crippen LogP contribution in [-0.4, -0.2) is 28.6 Å². The zero-order valence-electron chi connectivity index (χ0n) is 14.2. The summed E-state index contributed by atoms with van der Waals surface area (Å²) in [5, 5.41) is 10.1. The summed E-state index contributed by atoms with van der Waals surface area (Å²) in [6.45, 7) is 6.49. The number of nitrogens with zero attached hydrogens (tertiary/aromatic N) is 1. The molecule has 122 valence electrons. The van der Waals surface area contributed by atoms with E-state index in [1.165, 1.54) is 44.1 Å². The fourth-order valence-corrected chi connectivity index (χ4v) is 3.31. The number of fused-ring (bicyclic) bond motifs is 1. The van der Waals surface area contributed by atoms with E-state index in [4.69, 9.17) is 5.73 Å². The molecule has 0 heterocycles. The number of amidine groups is 1. The highest BCUT2D eigenvalue weighted by Gasteiger charge is 2.22. The fraction of sp³-hybridized carbons (Fsp3) is 0.632. The molecule has 1 aliphatic carbocycles. The number of hydrogen-bond acceptors (Lipinski definition) is 1. The van der Waals surface area contributed by atoms with Gasteiger partial charge in [0.25, 0.3) is 5.84 Å². The van der Waals surface area contributed by atoms with E-state index in [1.807, 2.05) is 12.1 Å². The van der Waals surface area contributed by atoms with E-state index in [1.54, 1.807) is 0 Å². The molecule has 0 aromatic heterocycles. The van der Waals surface area contributed by atoms with Crippen molar-refractivity contribution in [3.05, 3.63) is 28.8 Å². The van der Waals surface area contributed by atoms with Crippen molar-refractivity contribution in [2.24, 2.45) is 5.73 Å². The Morgan fingerprint density at radius 1 is 1.05 bits per heavy atom. The quantitative estimate of drug-likeness (QED) is 0.459. The van der Waals surface area contributed by atoms with Crippen molar-refractivity contribution in [1.82, 2.24) is 0 Å². The summed E-state index contributed by atoms with van der Waals surface area (Å²) < 4.78 is 2.34. The van der Waals surface area contributed by atoms with Crippen molar-refractivity contribution in [2.75, 3.05) is 13.1 Å². The van der Waals surface area contributed by atoms with E-state index < -0.39 is 0 Å². The molecule has 1 aromatic rings. The van der Waals surface area contributed by atoms with Gasteiger partial charge < -0.3 is 5.11 Å². The number of aromatic hydroxyl groups is 1. The van der Waals surface area contributed by atoms with Gasteiger partial charge in [-0.1, -0.05) is 26.7 Å². The van der Waals surface area contributed by atoms with Crippen LogP contribution >= 0.6 is 0 Å². The van der Waals surface area contributed by atoms with Gasteiger partial charge in [-0.2, -0.15) is 0 Å². The van der Waals surface area contributed by atoms with Gasteiger partial charge in [-0.15, -0.1) is 0 Å². The molecule has 0 saturated heterocycles. The molecule has 0 saturated carbocycles. The van der Waals surface area contributed by atoms with Crippen LogP contribution in [0, 0.1) is 0 Å². The lowest BCUT2D eigenvalue weighted by Crippen LogP contribution is -2.32. The van der Waals surface area contributed by atoms with Crippen LogP contribution in [-0.2, 0) is 12.8 Å². The molecule has 0 amide bonds. The van der Waals surface area contributed by atoms with E-state index in [2.05, 4.69) is 18.4 Å². The number of benzene rings is 1. The lowest BCUT2D eigenvalue weighted by atomic mass is 9.87. The molecule has 0 radical (unpaired) electrons. The Morgan fingerprint density at radius 3 is 2.23 bits per heavy atom. The van der Waals surface area contributed by atoms with Crippen LogP contribution in [0.25, 0.3) is 0 Å². The summed E-state index contributed by atoms with van der Waals surface area (Å²) in [5.74, 6) is 1.35. The van der Waals surface area contributed by atoms with Crippen LogP contribution in [0.2, 0.25) is 0 Å². The zero-order valence-corrected chi connectivity index (χ0v) is 14.2. The van der Waals surface area contributed by atoms with Gasteiger partial charge in [0.1, 0.15) is 5.75 Å². The molecule has 1 aromatic carbocycles. The Bertz CT molecular complexity index is 524. The van der Waals surface area contributed by atoms with Crippen LogP contribution in [0.3, 0.4) is 0 Å². The minimum absolute atomic E-state index is 0.444. The van der Waals surface area contributed by atoms with Crippen LogP contribution in [0.15, 0.2) is 12.1 Å². The van der Waals surface area contributed by atoms with E-state index in [0.717, 1.165) is 42.9 Å². The molecule has 0 bridgehead atoms. The van der Waals surface area contributed by atoms with E-state index in [9.17, 15) is 5.11 Å². The highest BCUT2D eigenvalue weighted by Crippen LogP contribution is 2.31. The van der Waals surface area contributed by atoms with E-state index >= 15 is 0 Å². The topological polar surface area (TPSA) is 49.3 Å². The van der Waals surface area contributed by atoms with Crippen LogP contribution in [0.1, 0.15) is 69.1 Å². The first-order valence-electron chi connectivity index (χ1n) is 8.90. The monoisotopic (exact) mass is 303 g/mol. The Hall–Kier alpha value is -1.51. The molecule has 0 spiro atoms. The van der Waals surface area contributed by atoms with Crippen molar-refractivity contribution in [3.63, 3.8) is 0 Å². The minimum Gasteiger partial charge on any atom is -0.508 e. The second kappa shape index (κ2) is 8.21. The highest BCUT2D eigenvalue weighted by molar-refractivity contribution is 5.95. The minimum atomic E-state index is 0.444. The van der Waals surface area contributed by atoms with Gasteiger partial charge >= 0.3 is 0 Å². The van der Waals surface area contributed by atoms with Gasteiger partial charge in [0.2, 0.25) is 0 Å². The summed E-state index contributed by atoms with van der Waals surface area (Å²) >= 11 is 0. The highest BCUT2D eigenvalue weighted by atomic mass is 16.3. The maximum atomic E-state index is 10.1. The summed E-state index contributed by atoms with van der Waals surface area (Å²) in [4.78, 5) is 0. The first-order valence-corrected chi connectivity index (χ1v) is 8.90. The predicted molar refractivity (Wildman–Crippen MR) is 92.9 cm³/mol. The molecule has 2 rings (SSSR count). The van der Waals surface area contributed by atoms with Gasteiger partial charge in [0, 0.05) is 0 Å². The third-order valence-electron chi connectivity index (χ3n) is 4.69. The van der Waals surface area contributed by atoms with Crippen molar-refractivity contribution in [2.45, 2.75) is 65.2 Å². The number of hydrogen-bond donors (Lipinski definition) is 2. The smallest absolute Gasteiger partial charge is 0.275 e. The molecule has 3 N–H and O–H groups in total. The predicted octanol–water partition coefficient (Wildman–Crippen LogP) is 3.59. The average molecular weight is 303 g/mol. The van der Waals surface area contributed by atoms with Gasteiger partial charge in [0.05, 0.1) is 18.7 Å². The molecule has 0 atom stereocenters. The van der Waals surface area contributed by atoms with Gasteiger partial charge in [-0.3, -0.25) is 10.3 Å². The van der Waals surface area contributed by atoms with Crippen LogP contribution in [0.4, 0.5) is 0 Å². The molecule has 3 heteroatoms.